The number of methoxy groups -OCH3 is 1. The topological polar surface area (TPSA) is 47.3 Å². The van der Waals surface area contributed by atoms with Gasteiger partial charge < -0.3 is 4.74 Å². The normalized spacial score (nSPS) is 12.2. The summed E-state index contributed by atoms with van der Waals surface area (Å²) in [4.78, 5) is 0. The molecule has 0 aliphatic carbocycles. The second kappa shape index (κ2) is 7.02. The zero-order chi connectivity index (χ0) is 15.4. The van der Waals surface area contributed by atoms with Crippen molar-refractivity contribution in [2.45, 2.75) is 19.4 Å². The lowest BCUT2D eigenvalue weighted by Crippen LogP contribution is -2.30. The Kier molecular flexibility index (Phi) is 5.33. The Hall–Kier alpha value is -1.43. The van der Waals surface area contributed by atoms with Crippen LogP contribution in [0.1, 0.15) is 22.7 Å². The fraction of sp³-hybridized carbons (Fsp3) is 0.250. The number of hydrogen-bond donors (Lipinski definition) is 2. The summed E-state index contributed by atoms with van der Waals surface area (Å²) in [5, 5.41) is 0. The lowest BCUT2D eigenvalue weighted by molar-refractivity contribution is 0.398. The van der Waals surface area contributed by atoms with Gasteiger partial charge in [0.1, 0.15) is 11.6 Å². The van der Waals surface area contributed by atoms with Crippen LogP contribution in [-0.2, 0) is 6.42 Å². The Labute approximate surface area is 132 Å². The van der Waals surface area contributed by atoms with Crippen LogP contribution < -0.4 is 16.0 Å². The lowest BCUT2D eigenvalue weighted by Gasteiger charge is -2.20. The van der Waals surface area contributed by atoms with E-state index < -0.39 is 0 Å². The molecule has 21 heavy (non-hydrogen) atoms. The van der Waals surface area contributed by atoms with Gasteiger partial charge in [-0.25, -0.2) is 4.39 Å². The van der Waals surface area contributed by atoms with Gasteiger partial charge in [0.2, 0.25) is 0 Å². The van der Waals surface area contributed by atoms with E-state index >= 15 is 0 Å². The Balaban J connectivity index is 2.29. The smallest absolute Gasteiger partial charge is 0.137 e. The van der Waals surface area contributed by atoms with E-state index in [4.69, 9.17) is 10.6 Å². The summed E-state index contributed by atoms with van der Waals surface area (Å²) >= 11 is 3.20. The molecule has 0 bridgehead atoms. The highest BCUT2D eigenvalue weighted by Gasteiger charge is 2.16. The van der Waals surface area contributed by atoms with Crippen molar-refractivity contribution < 1.29 is 9.13 Å². The molecular formula is C16H18BrFN2O. The Morgan fingerprint density at radius 1 is 1.29 bits per heavy atom. The summed E-state index contributed by atoms with van der Waals surface area (Å²) in [7, 11) is 1.64. The molecule has 2 aromatic carbocycles. The van der Waals surface area contributed by atoms with Crippen molar-refractivity contribution >= 4 is 15.9 Å². The van der Waals surface area contributed by atoms with Crippen LogP contribution in [0.2, 0.25) is 0 Å². The molecule has 5 heteroatoms. The number of halogens is 2. The molecule has 3 nitrogen and oxygen atoms in total. The van der Waals surface area contributed by atoms with Gasteiger partial charge in [-0.3, -0.25) is 11.3 Å². The van der Waals surface area contributed by atoms with Gasteiger partial charge in [0, 0.05) is 5.56 Å². The number of hydrazine groups is 1. The fourth-order valence-electron chi connectivity index (χ4n) is 2.27. The molecule has 3 N–H and O–H groups in total. The third kappa shape index (κ3) is 3.81. The van der Waals surface area contributed by atoms with Crippen LogP contribution in [0.25, 0.3) is 0 Å². The van der Waals surface area contributed by atoms with E-state index in [9.17, 15) is 4.39 Å². The van der Waals surface area contributed by atoms with Crippen molar-refractivity contribution in [1.29, 1.82) is 0 Å². The Morgan fingerprint density at radius 2 is 2.05 bits per heavy atom. The molecule has 112 valence electrons. The zero-order valence-electron chi connectivity index (χ0n) is 12.0. The molecule has 1 unspecified atom stereocenters. The molecule has 0 saturated heterocycles. The number of nitrogens with two attached hydrogens (primary N) is 1. The average molecular weight is 353 g/mol. The maximum Gasteiger partial charge on any atom is 0.137 e. The Morgan fingerprint density at radius 3 is 2.67 bits per heavy atom. The number of ether oxygens (including phenoxy) is 1. The van der Waals surface area contributed by atoms with Crippen LogP contribution in [0.5, 0.6) is 5.75 Å². The largest absolute Gasteiger partial charge is 0.496 e. The van der Waals surface area contributed by atoms with Crippen LogP contribution >= 0.6 is 15.9 Å². The number of benzene rings is 2. The molecule has 2 aromatic rings. The highest BCUT2D eigenvalue weighted by atomic mass is 79.9. The first-order valence-electron chi connectivity index (χ1n) is 6.59. The first kappa shape index (κ1) is 15.9. The van der Waals surface area contributed by atoms with Crippen molar-refractivity contribution in [3.63, 3.8) is 0 Å². The number of rotatable bonds is 5. The molecular weight excluding hydrogens is 335 g/mol. The predicted molar refractivity (Wildman–Crippen MR) is 85.6 cm³/mol. The van der Waals surface area contributed by atoms with Crippen molar-refractivity contribution in [3.05, 3.63) is 63.4 Å². The van der Waals surface area contributed by atoms with Crippen LogP contribution in [0.4, 0.5) is 4.39 Å². The summed E-state index contributed by atoms with van der Waals surface area (Å²) in [6.45, 7) is 2.01. The molecule has 0 saturated carbocycles. The van der Waals surface area contributed by atoms with Crippen molar-refractivity contribution in [3.8, 4) is 5.75 Å². The molecule has 1 atom stereocenters. The van der Waals surface area contributed by atoms with E-state index in [1.165, 1.54) is 6.07 Å². The number of hydrogen-bond acceptors (Lipinski definition) is 3. The van der Waals surface area contributed by atoms with Crippen LogP contribution in [-0.4, -0.2) is 7.11 Å². The summed E-state index contributed by atoms with van der Waals surface area (Å²) in [5.41, 5.74) is 5.89. The SMILES string of the molecule is COc1cc(C)ccc1C(Cc1ccc(F)c(Br)c1)NN. The third-order valence-corrected chi connectivity index (χ3v) is 4.00. The molecule has 0 aliphatic heterocycles. The van der Waals surface area contributed by atoms with Crippen molar-refractivity contribution in [2.24, 2.45) is 5.84 Å². The summed E-state index contributed by atoms with van der Waals surface area (Å²) in [5.74, 6) is 6.21. The lowest BCUT2D eigenvalue weighted by atomic mass is 9.97. The van der Waals surface area contributed by atoms with Gasteiger partial charge in [0.25, 0.3) is 0 Å². The van der Waals surface area contributed by atoms with E-state index in [0.717, 1.165) is 22.4 Å². The minimum atomic E-state index is -0.274. The first-order valence-corrected chi connectivity index (χ1v) is 7.39. The van der Waals surface area contributed by atoms with E-state index in [1.807, 2.05) is 25.1 Å². The maximum absolute atomic E-state index is 13.3. The summed E-state index contributed by atoms with van der Waals surface area (Å²) < 4.78 is 19.2. The molecule has 0 fully saturated rings. The standard InChI is InChI=1S/C16H18BrFN2O/c1-10-3-5-12(16(7-10)21-2)15(20-19)9-11-4-6-14(18)13(17)8-11/h3-8,15,20H,9,19H2,1-2H3. The van der Waals surface area contributed by atoms with Crippen molar-refractivity contribution in [1.82, 2.24) is 5.43 Å². The molecule has 0 amide bonds. The second-order valence-corrected chi connectivity index (χ2v) is 5.77. The highest BCUT2D eigenvalue weighted by Crippen LogP contribution is 2.29. The van der Waals surface area contributed by atoms with Crippen LogP contribution in [0, 0.1) is 12.7 Å². The van der Waals surface area contributed by atoms with Gasteiger partial charge in [0.05, 0.1) is 17.6 Å². The number of aryl methyl sites for hydroxylation is 1. The minimum absolute atomic E-state index is 0.113. The van der Waals surface area contributed by atoms with Gasteiger partial charge in [-0.15, -0.1) is 0 Å². The predicted octanol–water partition coefficient (Wildman–Crippen LogP) is 3.65. The molecule has 0 aromatic heterocycles. The van der Waals surface area contributed by atoms with E-state index in [2.05, 4.69) is 21.4 Å². The van der Waals surface area contributed by atoms with Gasteiger partial charge in [-0.1, -0.05) is 18.2 Å². The number of nitrogens with one attached hydrogen (secondary N) is 1. The minimum Gasteiger partial charge on any atom is -0.496 e. The van der Waals surface area contributed by atoms with Gasteiger partial charge in [0.15, 0.2) is 0 Å². The van der Waals surface area contributed by atoms with Gasteiger partial charge in [-0.05, 0) is 58.6 Å². The molecule has 0 heterocycles. The summed E-state index contributed by atoms with van der Waals surface area (Å²) in [6, 6.07) is 10.8. The molecule has 0 spiro atoms. The third-order valence-electron chi connectivity index (χ3n) is 3.39. The molecule has 0 radical (unpaired) electrons. The Bertz CT molecular complexity index is 634. The zero-order valence-corrected chi connectivity index (χ0v) is 13.6. The quantitative estimate of drug-likeness (QED) is 0.637. The molecule has 0 aliphatic rings. The monoisotopic (exact) mass is 352 g/mol. The van der Waals surface area contributed by atoms with E-state index in [-0.39, 0.29) is 11.9 Å². The summed E-state index contributed by atoms with van der Waals surface area (Å²) in [6.07, 6.45) is 0.634. The van der Waals surface area contributed by atoms with Gasteiger partial charge >= 0.3 is 0 Å². The second-order valence-electron chi connectivity index (χ2n) is 4.92. The van der Waals surface area contributed by atoms with E-state index in [1.54, 1.807) is 19.2 Å². The van der Waals surface area contributed by atoms with Gasteiger partial charge in [-0.2, -0.15) is 0 Å². The van der Waals surface area contributed by atoms with E-state index in [0.29, 0.717) is 10.9 Å². The first-order chi connectivity index (χ1) is 10.0. The highest BCUT2D eigenvalue weighted by molar-refractivity contribution is 9.10. The average Bonchev–Trinajstić information content (AvgIpc) is 2.48. The van der Waals surface area contributed by atoms with Crippen LogP contribution in [0.3, 0.4) is 0 Å². The molecule has 2 rings (SSSR count). The van der Waals surface area contributed by atoms with Crippen molar-refractivity contribution in [2.75, 3.05) is 7.11 Å². The van der Waals surface area contributed by atoms with Crippen LogP contribution in [0.15, 0.2) is 40.9 Å². The maximum atomic E-state index is 13.3. The fourth-order valence-corrected chi connectivity index (χ4v) is 2.69.